The van der Waals surface area contributed by atoms with E-state index in [1.807, 2.05) is 0 Å². The van der Waals surface area contributed by atoms with Gasteiger partial charge in [-0.3, -0.25) is 9.36 Å². The van der Waals surface area contributed by atoms with E-state index in [4.69, 9.17) is 0 Å². The molecule has 0 amide bonds. The average Bonchev–Trinajstić information content (AvgIpc) is 2.28. The Morgan fingerprint density at radius 1 is 1.31 bits per heavy atom. The van der Waals surface area contributed by atoms with E-state index in [2.05, 4.69) is 12.2 Å². The minimum atomic E-state index is -0.247. The summed E-state index contributed by atoms with van der Waals surface area (Å²) in [5.41, 5.74) is -0.471. The first kappa shape index (κ1) is 12.7. The lowest BCUT2D eigenvalue weighted by Gasteiger charge is -2.06. The van der Waals surface area contributed by atoms with Crippen molar-refractivity contribution in [2.75, 3.05) is 13.1 Å². The zero-order valence-corrected chi connectivity index (χ0v) is 9.90. The highest BCUT2D eigenvalue weighted by molar-refractivity contribution is 4.85. The lowest BCUT2D eigenvalue weighted by molar-refractivity contribution is 0.534. The molecule has 1 rings (SSSR count). The largest absolute Gasteiger partial charge is 0.330 e. The minimum Gasteiger partial charge on any atom is -0.317 e. The van der Waals surface area contributed by atoms with Crippen LogP contribution in [-0.4, -0.2) is 22.2 Å². The first-order valence-corrected chi connectivity index (χ1v) is 5.64. The van der Waals surface area contributed by atoms with Gasteiger partial charge in [-0.15, -0.1) is 0 Å². The van der Waals surface area contributed by atoms with Crippen LogP contribution in [0.4, 0.5) is 0 Å². The third-order valence-electron chi connectivity index (χ3n) is 2.40. The van der Waals surface area contributed by atoms with Gasteiger partial charge in [0.2, 0.25) is 0 Å². The first-order chi connectivity index (χ1) is 7.66. The Kier molecular flexibility index (Phi) is 4.98. The maximum absolute atomic E-state index is 11.6. The maximum Gasteiger partial charge on any atom is 0.330 e. The molecule has 5 heteroatoms. The average molecular weight is 225 g/mol. The summed E-state index contributed by atoms with van der Waals surface area (Å²) in [4.78, 5) is 23.1. The molecule has 90 valence electrons. The highest BCUT2D eigenvalue weighted by Gasteiger charge is 2.01. The molecule has 0 spiro atoms. The number of nitrogens with zero attached hydrogens (tertiary/aromatic N) is 2. The van der Waals surface area contributed by atoms with Crippen LogP contribution in [0, 0.1) is 0 Å². The van der Waals surface area contributed by atoms with E-state index in [1.54, 1.807) is 7.05 Å². The molecule has 1 aromatic rings. The predicted octanol–water partition coefficient (Wildman–Crippen LogP) is -0.0633. The Morgan fingerprint density at radius 2 is 2.06 bits per heavy atom. The van der Waals surface area contributed by atoms with Gasteiger partial charge in [0.05, 0.1) is 0 Å². The van der Waals surface area contributed by atoms with Gasteiger partial charge in [-0.2, -0.15) is 0 Å². The molecular formula is C11H19N3O2. The molecule has 1 N–H and O–H groups in total. The van der Waals surface area contributed by atoms with Crippen molar-refractivity contribution in [1.29, 1.82) is 0 Å². The second-order valence-electron chi connectivity index (χ2n) is 3.80. The van der Waals surface area contributed by atoms with Crippen LogP contribution < -0.4 is 16.6 Å². The third kappa shape index (κ3) is 3.34. The Hall–Kier alpha value is -1.36. The third-order valence-corrected chi connectivity index (χ3v) is 2.40. The molecule has 0 radical (unpaired) electrons. The van der Waals surface area contributed by atoms with Crippen LogP contribution >= 0.6 is 0 Å². The lowest BCUT2D eigenvalue weighted by atomic mass is 10.4. The fourth-order valence-corrected chi connectivity index (χ4v) is 1.48. The highest BCUT2D eigenvalue weighted by Crippen LogP contribution is 1.82. The van der Waals surface area contributed by atoms with E-state index < -0.39 is 0 Å². The van der Waals surface area contributed by atoms with E-state index >= 15 is 0 Å². The zero-order chi connectivity index (χ0) is 12.0. The van der Waals surface area contributed by atoms with Gasteiger partial charge in [-0.1, -0.05) is 6.92 Å². The number of hydrogen-bond acceptors (Lipinski definition) is 3. The lowest BCUT2D eigenvalue weighted by Crippen LogP contribution is -2.38. The second kappa shape index (κ2) is 6.27. The molecule has 0 aliphatic carbocycles. The summed E-state index contributed by atoms with van der Waals surface area (Å²) in [6, 6.07) is 1.42. The summed E-state index contributed by atoms with van der Waals surface area (Å²) in [5, 5.41) is 3.23. The van der Waals surface area contributed by atoms with Crippen molar-refractivity contribution in [2.45, 2.75) is 26.3 Å². The van der Waals surface area contributed by atoms with Gasteiger partial charge in [0.25, 0.3) is 5.56 Å². The van der Waals surface area contributed by atoms with Crippen LogP contribution in [0.25, 0.3) is 0 Å². The molecule has 0 aromatic carbocycles. The molecule has 0 atom stereocenters. The van der Waals surface area contributed by atoms with E-state index in [9.17, 15) is 9.59 Å². The summed E-state index contributed by atoms with van der Waals surface area (Å²) in [6.45, 7) is 4.38. The van der Waals surface area contributed by atoms with Crippen molar-refractivity contribution in [3.63, 3.8) is 0 Å². The van der Waals surface area contributed by atoms with E-state index in [-0.39, 0.29) is 11.2 Å². The van der Waals surface area contributed by atoms with E-state index in [0.717, 1.165) is 25.9 Å². The topological polar surface area (TPSA) is 56.0 Å². The van der Waals surface area contributed by atoms with Crippen LogP contribution in [0.5, 0.6) is 0 Å². The second-order valence-corrected chi connectivity index (χ2v) is 3.80. The number of rotatable bonds is 6. The van der Waals surface area contributed by atoms with E-state index in [1.165, 1.54) is 21.4 Å². The van der Waals surface area contributed by atoms with Crippen LogP contribution in [-0.2, 0) is 13.6 Å². The molecule has 0 aliphatic rings. The molecule has 0 saturated heterocycles. The van der Waals surface area contributed by atoms with Gasteiger partial charge in [0.1, 0.15) is 0 Å². The van der Waals surface area contributed by atoms with Crippen molar-refractivity contribution in [1.82, 2.24) is 14.5 Å². The van der Waals surface area contributed by atoms with Crippen molar-refractivity contribution in [3.05, 3.63) is 33.1 Å². The normalized spacial score (nSPS) is 10.6. The quantitative estimate of drug-likeness (QED) is 0.690. The SMILES string of the molecule is CCCNCCCn1c(=O)ccn(C)c1=O. The summed E-state index contributed by atoms with van der Waals surface area (Å²) in [5.74, 6) is 0. The number of aryl methyl sites for hydroxylation is 1. The van der Waals surface area contributed by atoms with Gasteiger partial charge in [-0.25, -0.2) is 4.79 Å². The number of aromatic nitrogens is 2. The van der Waals surface area contributed by atoms with Crippen molar-refractivity contribution < 1.29 is 0 Å². The van der Waals surface area contributed by atoms with Crippen molar-refractivity contribution in [3.8, 4) is 0 Å². The molecule has 0 fully saturated rings. The smallest absolute Gasteiger partial charge is 0.317 e. The molecule has 0 saturated carbocycles. The van der Waals surface area contributed by atoms with Gasteiger partial charge in [-0.05, 0) is 25.9 Å². The maximum atomic E-state index is 11.6. The van der Waals surface area contributed by atoms with Crippen molar-refractivity contribution in [2.24, 2.45) is 7.05 Å². The summed E-state index contributed by atoms with van der Waals surface area (Å²) < 4.78 is 2.69. The van der Waals surface area contributed by atoms with Gasteiger partial charge >= 0.3 is 5.69 Å². The Balaban J connectivity index is 2.57. The predicted molar refractivity (Wildman–Crippen MR) is 63.7 cm³/mol. The summed E-state index contributed by atoms with van der Waals surface area (Å²) >= 11 is 0. The first-order valence-electron chi connectivity index (χ1n) is 5.64. The minimum absolute atomic E-state index is 0.224. The Bertz CT molecular complexity index is 434. The van der Waals surface area contributed by atoms with Gasteiger partial charge < -0.3 is 9.88 Å². The highest BCUT2D eigenvalue weighted by atomic mass is 16.2. The fraction of sp³-hybridized carbons (Fsp3) is 0.636. The van der Waals surface area contributed by atoms with Crippen LogP contribution in [0.2, 0.25) is 0 Å². The molecular weight excluding hydrogens is 206 g/mol. The molecule has 1 aromatic heterocycles. The number of nitrogens with one attached hydrogen (secondary N) is 1. The molecule has 5 nitrogen and oxygen atoms in total. The monoisotopic (exact) mass is 225 g/mol. The van der Waals surface area contributed by atoms with Crippen LogP contribution in [0.3, 0.4) is 0 Å². The molecule has 16 heavy (non-hydrogen) atoms. The Morgan fingerprint density at radius 3 is 2.75 bits per heavy atom. The van der Waals surface area contributed by atoms with Gasteiger partial charge in [0.15, 0.2) is 0 Å². The molecule has 0 unspecified atom stereocenters. The molecule has 0 bridgehead atoms. The standard InChI is InChI=1S/C11H19N3O2/c1-3-6-12-7-4-8-14-10(15)5-9-13(2)11(14)16/h5,9,12H,3-4,6-8H2,1-2H3. The van der Waals surface area contributed by atoms with Crippen molar-refractivity contribution >= 4 is 0 Å². The fourth-order valence-electron chi connectivity index (χ4n) is 1.48. The summed E-state index contributed by atoms with van der Waals surface area (Å²) in [7, 11) is 1.65. The van der Waals surface area contributed by atoms with Crippen LogP contribution in [0.15, 0.2) is 21.9 Å². The molecule has 1 heterocycles. The summed E-state index contributed by atoms with van der Waals surface area (Å²) in [6.07, 6.45) is 3.38. The Labute approximate surface area is 94.7 Å². The zero-order valence-electron chi connectivity index (χ0n) is 9.90. The number of hydrogen-bond donors (Lipinski definition) is 1. The van der Waals surface area contributed by atoms with E-state index in [0.29, 0.717) is 6.54 Å². The van der Waals surface area contributed by atoms with Crippen LogP contribution in [0.1, 0.15) is 19.8 Å². The van der Waals surface area contributed by atoms with Gasteiger partial charge in [0, 0.05) is 25.9 Å². The molecule has 0 aliphatic heterocycles.